The van der Waals surface area contributed by atoms with Gasteiger partial charge in [-0.2, -0.15) is 0 Å². The normalized spacial score (nSPS) is 25.4. The molecule has 0 bridgehead atoms. The van der Waals surface area contributed by atoms with Gasteiger partial charge in [-0.05, 0) is 55.3 Å². The summed E-state index contributed by atoms with van der Waals surface area (Å²) >= 11 is 0. The van der Waals surface area contributed by atoms with Crippen LogP contribution in [-0.2, 0) is 0 Å². The molecule has 0 radical (unpaired) electrons. The van der Waals surface area contributed by atoms with Gasteiger partial charge in [0.05, 0.1) is 0 Å². The largest absolute Gasteiger partial charge is 0.310 e. The summed E-state index contributed by atoms with van der Waals surface area (Å²) in [5, 5.41) is 3.49. The van der Waals surface area contributed by atoms with Crippen LogP contribution in [0.5, 0.6) is 0 Å². The van der Waals surface area contributed by atoms with Crippen molar-refractivity contribution in [2.45, 2.75) is 63.3 Å². The van der Waals surface area contributed by atoms with Crippen LogP contribution in [-0.4, -0.2) is 6.54 Å². The molecule has 1 aliphatic heterocycles. The standard InChI is InChI=1S/C17H24FN/c18-16-12-14(17-8-4-5-11-19-17)9-10-15(16)13-6-2-1-3-7-13/h9-10,12-13,17,19H,1-8,11H2. The van der Waals surface area contributed by atoms with E-state index in [1.807, 2.05) is 0 Å². The zero-order valence-corrected chi connectivity index (χ0v) is 11.6. The van der Waals surface area contributed by atoms with Crippen molar-refractivity contribution in [3.8, 4) is 0 Å². The summed E-state index contributed by atoms with van der Waals surface area (Å²) < 4.78 is 14.4. The molecule has 0 spiro atoms. The van der Waals surface area contributed by atoms with Gasteiger partial charge in [-0.1, -0.05) is 37.8 Å². The first-order valence-electron chi connectivity index (χ1n) is 7.87. The number of piperidine rings is 1. The molecule has 104 valence electrons. The zero-order valence-electron chi connectivity index (χ0n) is 11.6. The highest BCUT2D eigenvalue weighted by Crippen LogP contribution is 2.35. The van der Waals surface area contributed by atoms with Gasteiger partial charge in [0.2, 0.25) is 0 Å². The minimum Gasteiger partial charge on any atom is -0.310 e. The lowest BCUT2D eigenvalue weighted by atomic mass is 9.83. The molecule has 2 heteroatoms. The van der Waals surface area contributed by atoms with Crippen LogP contribution in [0.4, 0.5) is 4.39 Å². The Hall–Kier alpha value is -0.890. The van der Waals surface area contributed by atoms with Crippen LogP contribution >= 0.6 is 0 Å². The number of benzene rings is 1. The third kappa shape index (κ3) is 3.00. The third-order valence-corrected chi connectivity index (χ3v) is 4.78. The molecule has 1 heterocycles. The van der Waals surface area contributed by atoms with Crippen molar-refractivity contribution in [1.82, 2.24) is 5.32 Å². The highest BCUT2D eigenvalue weighted by atomic mass is 19.1. The average Bonchev–Trinajstić information content (AvgIpc) is 2.49. The molecule has 2 fully saturated rings. The molecule has 1 nitrogen and oxygen atoms in total. The summed E-state index contributed by atoms with van der Waals surface area (Å²) in [5.74, 6) is 0.485. The number of hydrogen-bond donors (Lipinski definition) is 1. The van der Waals surface area contributed by atoms with Crippen LogP contribution in [0.3, 0.4) is 0 Å². The molecule has 1 aromatic rings. The van der Waals surface area contributed by atoms with E-state index in [0.29, 0.717) is 12.0 Å². The van der Waals surface area contributed by atoms with E-state index in [1.54, 1.807) is 6.07 Å². The van der Waals surface area contributed by atoms with Gasteiger partial charge in [-0.3, -0.25) is 0 Å². The topological polar surface area (TPSA) is 12.0 Å². The van der Waals surface area contributed by atoms with Gasteiger partial charge in [-0.15, -0.1) is 0 Å². The number of rotatable bonds is 2. The molecule has 2 aliphatic rings. The summed E-state index contributed by atoms with van der Waals surface area (Å²) in [6, 6.07) is 6.35. The highest BCUT2D eigenvalue weighted by Gasteiger charge is 2.21. The second-order valence-corrected chi connectivity index (χ2v) is 6.12. The number of hydrogen-bond acceptors (Lipinski definition) is 1. The maximum absolute atomic E-state index is 14.4. The Bertz CT molecular complexity index is 417. The van der Waals surface area contributed by atoms with Crippen LogP contribution in [0.15, 0.2) is 18.2 Å². The van der Waals surface area contributed by atoms with Crippen molar-refractivity contribution in [2.75, 3.05) is 6.54 Å². The van der Waals surface area contributed by atoms with E-state index in [0.717, 1.165) is 36.9 Å². The molecule has 1 atom stereocenters. The quantitative estimate of drug-likeness (QED) is 0.814. The number of halogens is 1. The summed E-state index contributed by atoms with van der Waals surface area (Å²) in [7, 11) is 0. The first-order chi connectivity index (χ1) is 9.34. The van der Waals surface area contributed by atoms with E-state index >= 15 is 0 Å². The van der Waals surface area contributed by atoms with Crippen molar-refractivity contribution in [2.24, 2.45) is 0 Å². The molecule has 3 rings (SSSR count). The SMILES string of the molecule is Fc1cc(C2CCCCN2)ccc1C1CCCCC1. The van der Waals surface area contributed by atoms with E-state index < -0.39 is 0 Å². The Balaban J connectivity index is 1.76. The van der Waals surface area contributed by atoms with E-state index in [9.17, 15) is 4.39 Å². The maximum atomic E-state index is 14.4. The van der Waals surface area contributed by atoms with Gasteiger partial charge in [-0.25, -0.2) is 4.39 Å². The van der Waals surface area contributed by atoms with Crippen molar-refractivity contribution in [1.29, 1.82) is 0 Å². The van der Waals surface area contributed by atoms with Gasteiger partial charge < -0.3 is 5.32 Å². The van der Waals surface area contributed by atoms with E-state index in [4.69, 9.17) is 0 Å². The Morgan fingerprint density at radius 3 is 2.42 bits per heavy atom. The smallest absolute Gasteiger partial charge is 0.127 e. The molecule has 1 aliphatic carbocycles. The predicted molar refractivity (Wildman–Crippen MR) is 76.8 cm³/mol. The lowest BCUT2D eigenvalue weighted by Crippen LogP contribution is -2.26. The fourth-order valence-electron chi connectivity index (χ4n) is 3.64. The monoisotopic (exact) mass is 261 g/mol. The molecule has 0 aromatic heterocycles. The van der Waals surface area contributed by atoms with Crippen LogP contribution in [0, 0.1) is 5.82 Å². The maximum Gasteiger partial charge on any atom is 0.127 e. The highest BCUT2D eigenvalue weighted by molar-refractivity contribution is 5.29. The van der Waals surface area contributed by atoms with Gasteiger partial charge in [0.25, 0.3) is 0 Å². The molecule has 0 amide bonds. The van der Waals surface area contributed by atoms with Crippen LogP contribution in [0.25, 0.3) is 0 Å². The Labute approximate surface area is 115 Å². The second kappa shape index (κ2) is 6.04. The Kier molecular flexibility index (Phi) is 4.17. The summed E-state index contributed by atoms with van der Waals surface area (Å²) in [6.07, 6.45) is 9.81. The van der Waals surface area contributed by atoms with Crippen LogP contribution in [0.2, 0.25) is 0 Å². The Morgan fingerprint density at radius 2 is 1.74 bits per heavy atom. The molecule has 1 N–H and O–H groups in total. The summed E-state index contributed by atoms with van der Waals surface area (Å²) in [6.45, 7) is 1.07. The van der Waals surface area contributed by atoms with Gasteiger partial charge >= 0.3 is 0 Å². The van der Waals surface area contributed by atoms with Crippen molar-refractivity contribution < 1.29 is 4.39 Å². The van der Waals surface area contributed by atoms with Crippen molar-refractivity contribution in [3.05, 3.63) is 35.1 Å². The zero-order chi connectivity index (χ0) is 13.1. The van der Waals surface area contributed by atoms with Crippen molar-refractivity contribution >= 4 is 0 Å². The average molecular weight is 261 g/mol. The number of nitrogens with one attached hydrogen (secondary N) is 1. The molecule has 1 unspecified atom stereocenters. The first kappa shape index (κ1) is 13.1. The van der Waals surface area contributed by atoms with Gasteiger partial charge in [0.1, 0.15) is 5.82 Å². The summed E-state index contributed by atoms with van der Waals surface area (Å²) in [5.41, 5.74) is 2.09. The van der Waals surface area contributed by atoms with E-state index in [1.165, 1.54) is 32.1 Å². The van der Waals surface area contributed by atoms with Gasteiger partial charge in [0, 0.05) is 6.04 Å². The summed E-state index contributed by atoms with van der Waals surface area (Å²) in [4.78, 5) is 0. The van der Waals surface area contributed by atoms with Gasteiger partial charge in [0.15, 0.2) is 0 Å². The third-order valence-electron chi connectivity index (χ3n) is 4.78. The van der Waals surface area contributed by atoms with E-state index in [-0.39, 0.29) is 5.82 Å². The molecule has 1 saturated heterocycles. The molecular formula is C17H24FN. The molecule has 1 aromatic carbocycles. The predicted octanol–water partition coefficient (Wildman–Crippen LogP) is 4.69. The second-order valence-electron chi connectivity index (χ2n) is 6.12. The molecular weight excluding hydrogens is 237 g/mol. The fraction of sp³-hybridized carbons (Fsp3) is 0.647. The Morgan fingerprint density at radius 1 is 0.947 bits per heavy atom. The minimum absolute atomic E-state index is 0.0248. The van der Waals surface area contributed by atoms with Crippen molar-refractivity contribution in [3.63, 3.8) is 0 Å². The fourth-order valence-corrected chi connectivity index (χ4v) is 3.64. The molecule has 1 saturated carbocycles. The minimum atomic E-state index is 0.0248. The van der Waals surface area contributed by atoms with E-state index in [2.05, 4.69) is 17.4 Å². The lowest BCUT2D eigenvalue weighted by Gasteiger charge is -2.26. The first-order valence-corrected chi connectivity index (χ1v) is 7.87. The van der Waals surface area contributed by atoms with Crippen LogP contribution < -0.4 is 5.32 Å². The van der Waals surface area contributed by atoms with Crippen LogP contribution in [0.1, 0.15) is 74.5 Å². The molecule has 19 heavy (non-hydrogen) atoms. The lowest BCUT2D eigenvalue weighted by molar-refractivity contribution is 0.407.